The fourth-order valence-electron chi connectivity index (χ4n) is 6.32. The Bertz CT molecular complexity index is 727. The second-order valence-electron chi connectivity index (χ2n) is 10.5. The number of aliphatic hydroxyl groups excluding tert-OH is 1. The van der Waals surface area contributed by atoms with E-state index in [0.29, 0.717) is 18.6 Å². The van der Waals surface area contributed by atoms with E-state index in [-0.39, 0.29) is 11.5 Å². The first-order valence-corrected chi connectivity index (χ1v) is 11.6. The Hall–Kier alpha value is -0.810. The van der Waals surface area contributed by atoms with E-state index in [1.807, 2.05) is 6.07 Å². The van der Waals surface area contributed by atoms with Gasteiger partial charge in [-0.2, -0.15) is 0 Å². The summed E-state index contributed by atoms with van der Waals surface area (Å²) in [5.41, 5.74) is 3.02. The number of fused-ring (bicyclic) bond motifs is 2. The van der Waals surface area contributed by atoms with Crippen molar-refractivity contribution >= 4 is 17.3 Å². The van der Waals surface area contributed by atoms with Gasteiger partial charge in [0.2, 0.25) is 0 Å². The van der Waals surface area contributed by atoms with E-state index in [1.165, 1.54) is 30.5 Å². The third kappa shape index (κ3) is 4.19. The van der Waals surface area contributed by atoms with Gasteiger partial charge < -0.3 is 14.7 Å². The second kappa shape index (κ2) is 8.03. The van der Waals surface area contributed by atoms with Crippen LogP contribution in [0.1, 0.15) is 45.6 Å². The fourth-order valence-corrected chi connectivity index (χ4v) is 6.49. The maximum atomic E-state index is 10.7. The van der Waals surface area contributed by atoms with Crippen molar-refractivity contribution in [2.24, 2.45) is 16.7 Å². The van der Waals surface area contributed by atoms with Crippen molar-refractivity contribution in [1.82, 2.24) is 4.90 Å². The minimum atomic E-state index is -0.423. The van der Waals surface area contributed by atoms with Gasteiger partial charge >= 0.3 is 0 Å². The molecule has 2 bridgehead atoms. The van der Waals surface area contributed by atoms with Gasteiger partial charge in [-0.3, -0.25) is 4.90 Å². The van der Waals surface area contributed by atoms with Crippen LogP contribution in [0.4, 0.5) is 5.69 Å². The van der Waals surface area contributed by atoms with E-state index in [9.17, 15) is 5.11 Å². The van der Waals surface area contributed by atoms with Crippen molar-refractivity contribution in [3.63, 3.8) is 0 Å². The normalized spacial score (nSPS) is 32.7. The minimum absolute atomic E-state index is 0.229. The van der Waals surface area contributed by atoms with Crippen LogP contribution in [-0.4, -0.2) is 61.5 Å². The average Bonchev–Trinajstić information content (AvgIpc) is 3.15. The Morgan fingerprint density at radius 2 is 1.93 bits per heavy atom. The number of nitrogens with zero attached hydrogens (tertiary/aromatic N) is 2. The first kappa shape index (κ1) is 21.4. The zero-order valence-electron chi connectivity index (χ0n) is 18.5. The van der Waals surface area contributed by atoms with E-state index in [1.54, 1.807) is 0 Å². The molecule has 0 radical (unpaired) electrons. The Labute approximate surface area is 181 Å². The molecule has 1 aromatic carbocycles. The highest BCUT2D eigenvalue weighted by molar-refractivity contribution is 6.30. The summed E-state index contributed by atoms with van der Waals surface area (Å²) < 4.78 is 6.38. The molecule has 1 heterocycles. The molecule has 29 heavy (non-hydrogen) atoms. The highest BCUT2D eigenvalue weighted by Gasteiger charge is 2.60. The lowest BCUT2D eigenvalue weighted by Gasteiger charge is -2.43. The van der Waals surface area contributed by atoms with Gasteiger partial charge in [-0.05, 0) is 60.6 Å². The quantitative estimate of drug-likeness (QED) is 0.741. The number of ether oxygens (including phenoxy) is 1. The molecule has 5 heteroatoms. The van der Waals surface area contributed by atoms with Crippen LogP contribution in [0.3, 0.4) is 0 Å². The number of hydrogen-bond donors (Lipinski definition) is 1. The van der Waals surface area contributed by atoms with E-state index >= 15 is 0 Å². The number of rotatable bonds is 6. The Kier molecular flexibility index (Phi) is 5.93. The van der Waals surface area contributed by atoms with Crippen LogP contribution in [0.25, 0.3) is 0 Å². The Morgan fingerprint density at radius 1 is 1.21 bits per heavy atom. The number of β-amino-alcohol motifs (C(OH)–C–C–N with tert-alkyl or cyclic N) is 1. The maximum Gasteiger partial charge on any atom is 0.0900 e. The minimum Gasteiger partial charge on any atom is -0.389 e. The van der Waals surface area contributed by atoms with E-state index in [4.69, 9.17) is 16.3 Å². The topological polar surface area (TPSA) is 35.9 Å². The molecule has 2 aliphatic carbocycles. The van der Waals surface area contributed by atoms with Gasteiger partial charge in [-0.1, -0.05) is 38.4 Å². The molecule has 0 aromatic heterocycles. The van der Waals surface area contributed by atoms with Gasteiger partial charge in [0.1, 0.15) is 0 Å². The van der Waals surface area contributed by atoms with E-state index < -0.39 is 6.10 Å². The monoisotopic (exact) mass is 420 g/mol. The number of hydrogen-bond acceptors (Lipinski definition) is 4. The summed E-state index contributed by atoms with van der Waals surface area (Å²) in [6, 6.07) is 6.10. The molecule has 4 atom stereocenters. The fraction of sp³-hybridized carbons (Fsp3) is 0.750. The molecule has 1 N–H and O–H groups in total. The summed E-state index contributed by atoms with van der Waals surface area (Å²) >= 11 is 6.19. The zero-order chi connectivity index (χ0) is 20.8. The van der Waals surface area contributed by atoms with Crippen LogP contribution in [0.15, 0.2) is 18.2 Å². The number of aryl methyl sites for hydroxylation is 1. The largest absolute Gasteiger partial charge is 0.389 e. The van der Waals surface area contributed by atoms with Gasteiger partial charge in [0.25, 0.3) is 0 Å². The summed E-state index contributed by atoms with van der Waals surface area (Å²) in [7, 11) is 0. The molecule has 0 amide bonds. The molecule has 1 aromatic rings. The molecule has 0 unspecified atom stereocenters. The highest BCUT2D eigenvalue weighted by atomic mass is 35.5. The number of anilines is 1. The zero-order valence-corrected chi connectivity index (χ0v) is 19.2. The summed E-state index contributed by atoms with van der Waals surface area (Å²) in [6.45, 7) is 14.2. The number of piperazine rings is 1. The summed E-state index contributed by atoms with van der Waals surface area (Å²) in [6.07, 6.45) is 3.74. The Morgan fingerprint density at radius 3 is 2.59 bits per heavy atom. The molecule has 3 fully saturated rings. The number of benzene rings is 1. The molecule has 4 rings (SSSR count). The lowest BCUT2D eigenvalue weighted by atomic mass is 9.70. The van der Waals surface area contributed by atoms with Crippen molar-refractivity contribution in [2.45, 2.75) is 59.2 Å². The third-order valence-electron chi connectivity index (χ3n) is 7.95. The van der Waals surface area contributed by atoms with Crippen LogP contribution in [0, 0.1) is 23.7 Å². The summed E-state index contributed by atoms with van der Waals surface area (Å²) in [4.78, 5) is 4.76. The van der Waals surface area contributed by atoms with E-state index in [2.05, 4.69) is 49.6 Å². The van der Waals surface area contributed by atoms with Gasteiger partial charge in [0.05, 0.1) is 18.8 Å². The van der Waals surface area contributed by atoms with Crippen LogP contribution >= 0.6 is 11.6 Å². The lowest BCUT2D eigenvalue weighted by Crippen LogP contribution is -2.50. The van der Waals surface area contributed by atoms with Crippen molar-refractivity contribution in [3.8, 4) is 0 Å². The summed E-state index contributed by atoms with van der Waals surface area (Å²) in [5.74, 6) is 0.776. The SMILES string of the molecule is Cc1ccc(Cl)cc1N1CCN(C[C@@H](O)CO[C@@H]2C(C)(C)[C@@H]3CC[C@]2(C)C3)CC1. The predicted octanol–water partition coefficient (Wildman–Crippen LogP) is 4.36. The molecule has 2 saturated carbocycles. The average molecular weight is 421 g/mol. The van der Waals surface area contributed by atoms with Gasteiger partial charge in [-0.15, -0.1) is 0 Å². The molecule has 3 aliphatic rings. The molecular weight excluding hydrogens is 384 g/mol. The van der Waals surface area contributed by atoms with E-state index in [0.717, 1.165) is 37.1 Å². The van der Waals surface area contributed by atoms with Crippen LogP contribution in [0.5, 0.6) is 0 Å². The van der Waals surface area contributed by atoms with Crippen LogP contribution in [0.2, 0.25) is 5.02 Å². The van der Waals surface area contributed by atoms with Gasteiger partial charge in [0.15, 0.2) is 0 Å². The molecular formula is C24H37ClN2O2. The Balaban J connectivity index is 1.25. The van der Waals surface area contributed by atoms with Crippen molar-refractivity contribution in [3.05, 3.63) is 28.8 Å². The molecule has 1 aliphatic heterocycles. The van der Waals surface area contributed by atoms with Crippen LogP contribution < -0.4 is 4.90 Å². The molecule has 162 valence electrons. The van der Waals surface area contributed by atoms with Crippen molar-refractivity contribution < 1.29 is 9.84 Å². The number of aliphatic hydroxyl groups is 1. The first-order chi connectivity index (χ1) is 13.7. The van der Waals surface area contributed by atoms with Gasteiger partial charge in [0, 0.05) is 43.4 Å². The van der Waals surface area contributed by atoms with Crippen LogP contribution in [-0.2, 0) is 4.74 Å². The predicted molar refractivity (Wildman–Crippen MR) is 120 cm³/mol. The van der Waals surface area contributed by atoms with Gasteiger partial charge in [-0.25, -0.2) is 0 Å². The second-order valence-corrected chi connectivity index (χ2v) is 10.9. The van der Waals surface area contributed by atoms with Crippen molar-refractivity contribution in [2.75, 3.05) is 44.2 Å². The maximum absolute atomic E-state index is 10.7. The number of halogens is 1. The molecule has 4 nitrogen and oxygen atoms in total. The lowest BCUT2D eigenvalue weighted by molar-refractivity contribution is -0.113. The third-order valence-corrected chi connectivity index (χ3v) is 8.18. The molecule has 0 spiro atoms. The standard InChI is InChI=1S/C24H37ClN2O2/c1-17-5-6-19(25)13-21(17)27-11-9-26(10-12-27)15-20(28)16-29-22-23(2,3)18-7-8-24(22,4)14-18/h5-6,13,18,20,22,28H,7-12,14-16H2,1-4H3/t18-,20-,22-,24-/m1/s1. The smallest absolute Gasteiger partial charge is 0.0900 e. The summed E-state index contributed by atoms with van der Waals surface area (Å²) in [5, 5.41) is 11.4. The highest BCUT2D eigenvalue weighted by Crippen LogP contribution is 2.63. The first-order valence-electron chi connectivity index (χ1n) is 11.2. The molecule has 1 saturated heterocycles. The van der Waals surface area contributed by atoms with Crippen molar-refractivity contribution in [1.29, 1.82) is 0 Å².